The molecule has 0 bridgehead atoms. The molecule has 0 aromatic heterocycles. The molecule has 0 saturated heterocycles. The van der Waals surface area contributed by atoms with Crippen molar-refractivity contribution in [1.82, 2.24) is 0 Å². The summed E-state index contributed by atoms with van der Waals surface area (Å²) in [5.74, 6) is 0.585. The number of hydrogen-bond donors (Lipinski definition) is 0. The van der Waals surface area contributed by atoms with E-state index in [4.69, 9.17) is 0 Å². The lowest BCUT2D eigenvalue weighted by Gasteiger charge is -2.26. The molecule has 4 aromatic carbocycles. The Morgan fingerprint density at radius 1 is 0.677 bits per heavy atom. The molecule has 0 radical (unpaired) electrons. The third-order valence-corrected chi connectivity index (χ3v) is 7.01. The van der Waals surface area contributed by atoms with Crippen LogP contribution in [0.1, 0.15) is 41.0 Å². The normalized spacial score (nSPS) is 16.6. The average Bonchev–Trinajstić information content (AvgIpc) is 2.84. The molecule has 0 aliphatic heterocycles. The van der Waals surface area contributed by atoms with Crippen LogP contribution < -0.4 is 10.4 Å². The molecule has 0 N–H and O–H groups in total. The summed E-state index contributed by atoms with van der Waals surface area (Å²) in [4.78, 5) is 0. The largest absolute Gasteiger partial charge is 0.0763 e. The second-order valence-electron chi connectivity index (χ2n) is 8.84. The zero-order chi connectivity index (χ0) is 20.6. The van der Waals surface area contributed by atoms with E-state index in [2.05, 4.69) is 103 Å². The maximum Gasteiger partial charge on any atom is -0.000728 e. The predicted octanol–water partition coefficient (Wildman–Crippen LogP) is 6.01. The zero-order valence-corrected chi connectivity index (χ0v) is 17.7. The van der Waals surface area contributed by atoms with E-state index in [0.29, 0.717) is 5.92 Å². The van der Waals surface area contributed by atoms with Crippen LogP contribution in [0, 0.1) is 0 Å². The minimum absolute atomic E-state index is 0.585. The second-order valence-corrected chi connectivity index (χ2v) is 8.84. The predicted molar refractivity (Wildman–Crippen MR) is 130 cm³/mol. The highest BCUT2D eigenvalue weighted by Crippen LogP contribution is 2.32. The molecule has 150 valence electrons. The molecule has 4 aromatic rings. The Balaban J connectivity index is 1.60. The van der Waals surface area contributed by atoms with Crippen molar-refractivity contribution in [2.45, 2.75) is 31.6 Å². The van der Waals surface area contributed by atoms with Crippen LogP contribution in [0.3, 0.4) is 0 Å². The van der Waals surface area contributed by atoms with Crippen molar-refractivity contribution in [1.29, 1.82) is 0 Å². The van der Waals surface area contributed by atoms with Crippen molar-refractivity contribution >= 4 is 11.6 Å². The van der Waals surface area contributed by atoms with Gasteiger partial charge in [0.1, 0.15) is 0 Å². The molecule has 0 spiro atoms. The van der Waals surface area contributed by atoms with Gasteiger partial charge in [-0.25, -0.2) is 0 Å². The standard InChI is InChI=1S/C31H26/c1-3-10-22(11-4-1)20-24-15-9-17-28-27(24)18-19-29-26-16-8-7-14-25(26)21-30(31(28)29)23-12-5-2-6-13-23/h1-8,10-14,16-19,24H,9,15,20-21H2. The van der Waals surface area contributed by atoms with Crippen LogP contribution >= 0.6 is 0 Å². The fourth-order valence-corrected chi connectivity index (χ4v) is 5.56. The van der Waals surface area contributed by atoms with Gasteiger partial charge in [-0.1, -0.05) is 103 Å². The van der Waals surface area contributed by atoms with Gasteiger partial charge in [-0.15, -0.1) is 0 Å². The molecule has 0 saturated carbocycles. The van der Waals surface area contributed by atoms with E-state index in [-0.39, 0.29) is 0 Å². The SMILES string of the molecule is C1=c2c(ccc3c2=C(c2ccccc2)Cc2ccccc2-3)C(Cc2ccccc2)CC1. The van der Waals surface area contributed by atoms with Crippen LogP contribution in [-0.2, 0) is 12.8 Å². The first-order chi connectivity index (χ1) is 15.4. The lowest BCUT2D eigenvalue weighted by molar-refractivity contribution is 0.621. The van der Waals surface area contributed by atoms with Gasteiger partial charge < -0.3 is 0 Å². The molecule has 0 amide bonds. The van der Waals surface area contributed by atoms with Gasteiger partial charge in [0.25, 0.3) is 0 Å². The Morgan fingerprint density at radius 2 is 1.42 bits per heavy atom. The van der Waals surface area contributed by atoms with Gasteiger partial charge in [-0.05, 0) is 81.0 Å². The smallest absolute Gasteiger partial charge is 0.000728 e. The van der Waals surface area contributed by atoms with Gasteiger partial charge in [0.2, 0.25) is 0 Å². The maximum absolute atomic E-state index is 2.51. The summed E-state index contributed by atoms with van der Waals surface area (Å²) >= 11 is 0. The molecule has 0 fully saturated rings. The third-order valence-electron chi connectivity index (χ3n) is 7.01. The monoisotopic (exact) mass is 398 g/mol. The van der Waals surface area contributed by atoms with E-state index in [9.17, 15) is 0 Å². The second kappa shape index (κ2) is 7.71. The summed E-state index contributed by atoms with van der Waals surface area (Å²) < 4.78 is 0. The van der Waals surface area contributed by atoms with Gasteiger partial charge in [0.15, 0.2) is 0 Å². The van der Waals surface area contributed by atoms with Crippen molar-refractivity contribution in [2.24, 2.45) is 0 Å². The summed E-state index contributed by atoms with van der Waals surface area (Å²) in [6.45, 7) is 0. The van der Waals surface area contributed by atoms with Gasteiger partial charge in [0, 0.05) is 0 Å². The van der Waals surface area contributed by atoms with Gasteiger partial charge in [-0.2, -0.15) is 0 Å². The highest BCUT2D eigenvalue weighted by molar-refractivity contribution is 5.82. The first-order valence-corrected chi connectivity index (χ1v) is 11.4. The first-order valence-electron chi connectivity index (χ1n) is 11.4. The van der Waals surface area contributed by atoms with Crippen molar-refractivity contribution in [2.75, 3.05) is 0 Å². The van der Waals surface area contributed by atoms with E-state index >= 15 is 0 Å². The maximum atomic E-state index is 2.51. The molecule has 1 unspecified atom stereocenters. The minimum atomic E-state index is 0.585. The molecule has 31 heavy (non-hydrogen) atoms. The lowest BCUT2D eigenvalue weighted by Crippen LogP contribution is -2.38. The van der Waals surface area contributed by atoms with Crippen LogP contribution in [0.4, 0.5) is 0 Å². The fraction of sp³-hybridized carbons (Fsp3) is 0.161. The Kier molecular flexibility index (Phi) is 4.57. The fourth-order valence-electron chi connectivity index (χ4n) is 5.56. The Hall–Kier alpha value is -3.38. The van der Waals surface area contributed by atoms with Crippen LogP contribution in [0.2, 0.25) is 0 Å². The van der Waals surface area contributed by atoms with Crippen molar-refractivity contribution in [3.8, 4) is 11.1 Å². The lowest BCUT2D eigenvalue weighted by atomic mass is 9.78. The molecule has 2 aliphatic rings. The Labute approximate surface area is 184 Å². The minimum Gasteiger partial charge on any atom is -0.0763 e. The zero-order valence-electron chi connectivity index (χ0n) is 17.7. The van der Waals surface area contributed by atoms with Crippen LogP contribution in [-0.4, -0.2) is 0 Å². The molecular weight excluding hydrogens is 372 g/mol. The van der Waals surface area contributed by atoms with Crippen LogP contribution in [0.15, 0.2) is 97.1 Å². The summed E-state index contributed by atoms with van der Waals surface area (Å²) in [5, 5.41) is 2.96. The molecule has 1 atom stereocenters. The summed E-state index contributed by atoms with van der Waals surface area (Å²) in [5.41, 5.74) is 10.0. The summed E-state index contributed by atoms with van der Waals surface area (Å²) in [6.07, 6.45) is 7.02. The number of fused-ring (bicyclic) bond motifs is 5. The third kappa shape index (κ3) is 3.24. The topological polar surface area (TPSA) is 0 Å². The highest BCUT2D eigenvalue weighted by Gasteiger charge is 2.23. The summed E-state index contributed by atoms with van der Waals surface area (Å²) in [7, 11) is 0. The number of rotatable bonds is 3. The molecule has 0 heterocycles. The first kappa shape index (κ1) is 18.4. The number of benzene rings is 4. The van der Waals surface area contributed by atoms with E-state index in [0.717, 1.165) is 19.3 Å². The number of hydrogen-bond acceptors (Lipinski definition) is 0. The van der Waals surface area contributed by atoms with Crippen LogP contribution in [0.25, 0.3) is 22.8 Å². The van der Waals surface area contributed by atoms with Crippen molar-refractivity contribution in [3.63, 3.8) is 0 Å². The van der Waals surface area contributed by atoms with Gasteiger partial charge >= 0.3 is 0 Å². The van der Waals surface area contributed by atoms with E-state index in [1.54, 1.807) is 0 Å². The molecular formula is C31H26. The van der Waals surface area contributed by atoms with E-state index in [1.807, 2.05) is 0 Å². The van der Waals surface area contributed by atoms with Crippen molar-refractivity contribution in [3.05, 3.63) is 130 Å². The highest BCUT2D eigenvalue weighted by atomic mass is 14.3. The van der Waals surface area contributed by atoms with Crippen LogP contribution in [0.5, 0.6) is 0 Å². The van der Waals surface area contributed by atoms with Crippen molar-refractivity contribution < 1.29 is 0 Å². The Bertz CT molecular complexity index is 1360. The average molecular weight is 399 g/mol. The van der Waals surface area contributed by atoms with E-state index < -0.39 is 0 Å². The molecule has 0 heteroatoms. The molecule has 6 rings (SSSR count). The quantitative estimate of drug-likeness (QED) is 0.396. The van der Waals surface area contributed by atoms with Gasteiger partial charge in [0.05, 0.1) is 0 Å². The van der Waals surface area contributed by atoms with E-state index in [1.165, 1.54) is 55.8 Å². The molecule has 0 nitrogen and oxygen atoms in total. The molecule has 2 aliphatic carbocycles. The Morgan fingerprint density at radius 3 is 2.26 bits per heavy atom. The summed E-state index contributed by atoms with van der Waals surface area (Å²) in [6, 6.07) is 35.7. The van der Waals surface area contributed by atoms with Gasteiger partial charge in [-0.3, -0.25) is 0 Å².